The fourth-order valence-corrected chi connectivity index (χ4v) is 4.01. The predicted octanol–water partition coefficient (Wildman–Crippen LogP) is 5.27. The van der Waals surface area contributed by atoms with Gasteiger partial charge in [0.2, 0.25) is 0 Å². The van der Waals surface area contributed by atoms with E-state index in [0.717, 1.165) is 0 Å². The number of phosphoric ester groups is 1. The van der Waals surface area contributed by atoms with Gasteiger partial charge in [-0.05, 0) is 44.0 Å². The molecule has 0 atom stereocenters. The standard InChI is InChI=1S/C20H21O6P/c1-2-23-20(21)18-14-9-15-19(18)26-27(22,24-16-10-5-3-6-11-16)25-17-12-7-4-8-13-17/h3-8,10-13H,2,9,14-15H2,1H3. The van der Waals surface area contributed by atoms with E-state index in [4.69, 9.17) is 18.3 Å². The van der Waals surface area contributed by atoms with Crippen LogP contribution in [0, 0.1) is 0 Å². The van der Waals surface area contributed by atoms with Crippen molar-refractivity contribution in [3.63, 3.8) is 0 Å². The van der Waals surface area contributed by atoms with Gasteiger partial charge in [0.05, 0.1) is 12.2 Å². The smallest absolute Gasteiger partial charge is 0.463 e. The Hall–Kier alpha value is -2.72. The summed E-state index contributed by atoms with van der Waals surface area (Å²) in [6.45, 7) is 1.99. The van der Waals surface area contributed by atoms with Crippen molar-refractivity contribution >= 4 is 13.8 Å². The van der Waals surface area contributed by atoms with Crippen molar-refractivity contribution < 1.29 is 27.7 Å². The summed E-state index contributed by atoms with van der Waals surface area (Å²) in [4.78, 5) is 12.1. The van der Waals surface area contributed by atoms with Gasteiger partial charge < -0.3 is 18.3 Å². The first-order valence-corrected chi connectivity index (χ1v) is 10.2. The minimum absolute atomic E-state index is 0.258. The van der Waals surface area contributed by atoms with Crippen LogP contribution in [0.4, 0.5) is 0 Å². The average Bonchev–Trinajstić information content (AvgIpc) is 3.11. The molecule has 0 aliphatic heterocycles. The number of phosphoric acid groups is 1. The molecule has 1 aliphatic rings. The molecule has 142 valence electrons. The maximum atomic E-state index is 13.4. The maximum absolute atomic E-state index is 13.4. The Morgan fingerprint density at radius 2 is 1.44 bits per heavy atom. The molecule has 0 amide bonds. The molecule has 0 fully saturated rings. The molecule has 0 heterocycles. The Morgan fingerprint density at radius 1 is 0.889 bits per heavy atom. The molecule has 0 bridgehead atoms. The number of ether oxygens (including phenoxy) is 1. The minimum Gasteiger partial charge on any atom is -0.463 e. The number of carbonyl (C=O) groups excluding carboxylic acids is 1. The van der Waals surface area contributed by atoms with E-state index in [-0.39, 0.29) is 6.61 Å². The lowest BCUT2D eigenvalue weighted by Crippen LogP contribution is -2.10. The summed E-state index contributed by atoms with van der Waals surface area (Å²) in [5, 5.41) is 0. The van der Waals surface area contributed by atoms with Crippen molar-refractivity contribution in [3.8, 4) is 11.5 Å². The van der Waals surface area contributed by atoms with E-state index >= 15 is 0 Å². The summed E-state index contributed by atoms with van der Waals surface area (Å²) < 4.78 is 35.3. The molecular weight excluding hydrogens is 367 g/mol. The maximum Gasteiger partial charge on any atom is 0.646 e. The zero-order valence-electron chi connectivity index (χ0n) is 15.0. The molecule has 0 spiro atoms. The molecule has 27 heavy (non-hydrogen) atoms. The summed E-state index contributed by atoms with van der Waals surface area (Å²) in [5.74, 6) is 0.515. The minimum atomic E-state index is -4.07. The van der Waals surface area contributed by atoms with Gasteiger partial charge in [-0.3, -0.25) is 0 Å². The summed E-state index contributed by atoms with van der Waals surface area (Å²) in [5.41, 5.74) is 0.380. The van der Waals surface area contributed by atoms with Gasteiger partial charge in [0, 0.05) is 6.42 Å². The Labute approximate surface area is 158 Å². The van der Waals surface area contributed by atoms with Crippen LogP contribution in [0.15, 0.2) is 72.0 Å². The van der Waals surface area contributed by atoms with Crippen LogP contribution in [-0.4, -0.2) is 12.6 Å². The fraction of sp³-hybridized carbons (Fsp3) is 0.250. The molecule has 3 rings (SSSR count). The van der Waals surface area contributed by atoms with E-state index in [1.807, 2.05) is 12.1 Å². The lowest BCUT2D eigenvalue weighted by molar-refractivity contribution is -0.138. The number of allylic oxidation sites excluding steroid dienone is 1. The molecule has 0 unspecified atom stereocenters. The van der Waals surface area contributed by atoms with Gasteiger partial charge in [0.25, 0.3) is 0 Å². The van der Waals surface area contributed by atoms with Crippen molar-refractivity contribution in [3.05, 3.63) is 72.0 Å². The van der Waals surface area contributed by atoms with Gasteiger partial charge in [-0.15, -0.1) is 0 Å². The second kappa shape index (κ2) is 8.78. The van der Waals surface area contributed by atoms with E-state index in [9.17, 15) is 9.36 Å². The van der Waals surface area contributed by atoms with Gasteiger partial charge in [-0.25, -0.2) is 4.79 Å². The quantitative estimate of drug-likeness (QED) is 0.453. The van der Waals surface area contributed by atoms with Crippen LogP contribution in [0.5, 0.6) is 11.5 Å². The number of carbonyl (C=O) groups is 1. The third-order valence-corrected chi connectivity index (χ3v) is 5.14. The molecule has 0 saturated heterocycles. The molecular formula is C20H21O6P. The second-order valence-electron chi connectivity index (χ2n) is 5.82. The zero-order valence-corrected chi connectivity index (χ0v) is 15.9. The first-order chi connectivity index (χ1) is 13.1. The number of rotatable bonds is 8. The van der Waals surface area contributed by atoms with Crippen LogP contribution < -0.4 is 9.05 Å². The van der Waals surface area contributed by atoms with Gasteiger partial charge in [-0.2, -0.15) is 4.57 Å². The first kappa shape index (κ1) is 19.1. The normalized spacial score (nSPS) is 14.0. The van der Waals surface area contributed by atoms with Crippen LogP contribution in [0.2, 0.25) is 0 Å². The van der Waals surface area contributed by atoms with Crippen molar-refractivity contribution in [2.75, 3.05) is 6.61 Å². The summed E-state index contributed by atoms with van der Waals surface area (Å²) in [6.07, 6.45) is 1.68. The first-order valence-electron chi connectivity index (χ1n) is 8.78. The van der Waals surface area contributed by atoms with Gasteiger partial charge >= 0.3 is 13.8 Å². The highest BCUT2D eigenvalue weighted by molar-refractivity contribution is 7.49. The number of hydrogen-bond donors (Lipinski definition) is 0. The fourth-order valence-electron chi connectivity index (χ4n) is 2.66. The molecule has 0 radical (unpaired) electrons. The van der Waals surface area contributed by atoms with Crippen LogP contribution in [0.1, 0.15) is 26.2 Å². The zero-order chi connectivity index (χ0) is 19.1. The van der Waals surface area contributed by atoms with Crippen LogP contribution in [0.3, 0.4) is 0 Å². The van der Waals surface area contributed by atoms with Gasteiger partial charge in [0.1, 0.15) is 17.3 Å². The van der Waals surface area contributed by atoms with E-state index in [2.05, 4.69) is 0 Å². The lowest BCUT2D eigenvalue weighted by atomic mass is 10.2. The highest BCUT2D eigenvalue weighted by Crippen LogP contribution is 2.53. The van der Waals surface area contributed by atoms with Crippen LogP contribution in [-0.2, 0) is 18.6 Å². The molecule has 6 nitrogen and oxygen atoms in total. The van der Waals surface area contributed by atoms with Crippen LogP contribution in [0.25, 0.3) is 0 Å². The van der Waals surface area contributed by atoms with E-state index in [1.165, 1.54) is 0 Å². The van der Waals surface area contributed by atoms with E-state index in [0.29, 0.717) is 42.1 Å². The summed E-state index contributed by atoms with van der Waals surface area (Å²) in [6, 6.07) is 17.2. The topological polar surface area (TPSA) is 71.1 Å². The second-order valence-corrected chi connectivity index (χ2v) is 7.27. The Balaban J connectivity index is 1.88. The van der Waals surface area contributed by atoms with Crippen molar-refractivity contribution in [2.45, 2.75) is 26.2 Å². The highest BCUT2D eigenvalue weighted by atomic mass is 31.2. The third-order valence-electron chi connectivity index (χ3n) is 3.83. The van der Waals surface area contributed by atoms with E-state index < -0.39 is 13.8 Å². The number of esters is 1. The SMILES string of the molecule is CCOC(=O)C1=C(OP(=O)(Oc2ccccc2)Oc2ccccc2)CCC1. The Kier molecular flexibility index (Phi) is 6.20. The third kappa shape index (κ3) is 5.14. The molecule has 2 aromatic carbocycles. The molecule has 0 N–H and O–H groups in total. The number of hydrogen-bond acceptors (Lipinski definition) is 6. The summed E-state index contributed by atoms with van der Waals surface area (Å²) >= 11 is 0. The number of para-hydroxylation sites is 2. The van der Waals surface area contributed by atoms with Gasteiger partial charge in [-0.1, -0.05) is 36.4 Å². The molecule has 2 aromatic rings. The van der Waals surface area contributed by atoms with Crippen molar-refractivity contribution in [1.29, 1.82) is 0 Å². The molecule has 0 saturated carbocycles. The molecule has 0 aromatic heterocycles. The Morgan fingerprint density at radius 3 is 1.96 bits per heavy atom. The van der Waals surface area contributed by atoms with Crippen molar-refractivity contribution in [2.24, 2.45) is 0 Å². The monoisotopic (exact) mass is 388 g/mol. The number of benzene rings is 2. The largest absolute Gasteiger partial charge is 0.646 e. The predicted molar refractivity (Wildman–Crippen MR) is 100 cm³/mol. The molecule has 1 aliphatic carbocycles. The Bertz CT molecular complexity index is 802. The lowest BCUT2D eigenvalue weighted by Gasteiger charge is -2.20. The average molecular weight is 388 g/mol. The molecule has 7 heteroatoms. The van der Waals surface area contributed by atoms with Crippen LogP contribution >= 0.6 is 7.82 Å². The van der Waals surface area contributed by atoms with Gasteiger partial charge in [0.15, 0.2) is 0 Å². The summed E-state index contributed by atoms with van der Waals surface area (Å²) in [7, 11) is -4.07. The van der Waals surface area contributed by atoms with Crippen molar-refractivity contribution in [1.82, 2.24) is 0 Å². The highest BCUT2D eigenvalue weighted by Gasteiger charge is 2.37. The van der Waals surface area contributed by atoms with E-state index in [1.54, 1.807) is 55.5 Å².